The summed E-state index contributed by atoms with van der Waals surface area (Å²) in [7, 11) is 3.75. The normalized spacial score (nSPS) is 16.1. The Hall–Kier alpha value is -1.02. The van der Waals surface area contributed by atoms with Gasteiger partial charge in [-0.25, -0.2) is 0 Å². The largest absolute Gasteiger partial charge is 0.496 e. The van der Waals surface area contributed by atoms with E-state index in [9.17, 15) is 0 Å². The molecule has 0 spiro atoms. The topological polar surface area (TPSA) is 46.1 Å². The maximum Gasteiger partial charge on any atom is 0.193 e. The molecule has 0 aliphatic carbocycles. The standard InChI is InChI=1S/C17H27N3O2.HI/c1-5-18-16(19-11-17(2)12-22-13-17)20(3)10-14-8-6-7-9-15(14)21-4;/h6-9H,5,10-13H2,1-4H3,(H,18,19);1H. The van der Waals surface area contributed by atoms with Crippen molar-refractivity contribution >= 4 is 29.9 Å². The maximum absolute atomic E-state index is 5.42. The van der Waals surface area contributed by atoms with Crippen molar-refractivity contribution in [1.29, 1.82) is 0 Å². The van der Waals surface area contributed by atoms with Crippen LogP contribution in [0.15, 0.2) is 29.3 Å². The van der Waals surface area contributed by atoms with Gasteiger partial charge in [0.1, 0.15) is 5.75 Å². The number of nitrogens with one attached hydrogen (secondary N) is 1. The summed E-state index contributed by atoms with van der Waals surface area (Å²) in [5, 5.41) is 3.36. The summed E-state index contributed by atoms with van der Waals surface area (Å²) >= 11 is 0. The number of rotatable bonds is 6. The summed E-state index contributed by atoms with van der Waals surface area (Å²) < 4.78 is 10.7. The minimum atomic E-state index is 0. The van der Waals surface area contributed by atoms with Crippen LogP contribution in [0.5, 0.6) is 5.75 Å². The molecular formula is C17H28IN3O2. The summed E-state index contributed by atoms with van der Waals surface area (Å²) in [6.07, 6.45) is 0. The molecule has 0 bridgehead atoms. The second-order valence-electron chi connectivity index (χ2n) is 6.14. The summed E-state index contributed by atoms with van der Waals surface area (Å²) in [4.78, 5) is 6.90. The van der Waals surface area contributed by atoms with Crippen molar-refractivity contribution in [3.05, 3.63) is 29.8 Å². The van der Waals surface area contributed by atoms with Crippen LogP contribution in [0.4, 0.5) is 0 Å². The Morgan fingerprint density at radius 2 is 2.09 bits per heavy atom. The number of aliphatic imine (C=N–C) groups is 1. The fraction of sp³-hybridized carbons (Fsp3) is 0.588. The quantitative estimate of drug-likeness (QED) is 0.426. The Labute approximate surface area is 156 Å². The number of nitrogens with zero attached hydrogens (tertiary/aromatic N) is 2. The van der Waals surface area contributed by atoms with Crippen LogP contribution in [0.25, 0.3) is 0 Å². The molecule has 23 heavy (non-hydrogen) atoms. The number of benzene rings is 1. The number of methoxy groups -OCH3 is 1. The van der Waals surface area contributed by atoms with Gasteiger partial charge in [-0.1, -0.05) is 25.1 Å². The average molecular weight is 433 g/mol. The molecule has 6 heteroatoms. The van der Waals surface area contributed by atoms with E-state index in [2.05, 4.69) is 30.1 Å². The van der Waals surface area contributed by atoms with E-state index in [1.165, 1.54) is 0 Å². The van der Waals surface area contributed by atoms with Gasteiger partial charge in [-0.2, -0.15) is 0 Å². The third-order valence-corrected chi connectivity index (χ3v) is 3.81. The second-order valence-corrected chi connectivity index (χ2v) is 6.14. The van der Waals surface area contributed by atoms with Gasteiger partial charge >= 0.3 is 0 Å². The van der Waals surface area contributed by atoms with Gasteiger partial charge in [0.2, 0.25) is 0 Å². The molecule has 0 saturated carbocycles. The van der Waals surface area contributed by atoms with Crippen molar-refractivity contribution < 1.29 is 9.47 Å². The lowest BCUT2D eigenvalue weighted by Gasteiger charge is -2.37. The van der Waals surface area contributed by atoms with Gasteiger partial charge in [0.05, 0.1) is 26.9 Å². The number of halogens is 1. The van der Waals surface area contributed by atoms with Crippen molar-refractivity contribution in [2.45, 2.75) is 20.4 Å². The molecule has 5 nitrogen and oxygen atoms in total. The van der Waals surface area contributed by atoms with E-state index in [0.29, 0.717) is 0 Å². The lowest BCUT2D eigenvalue weighted by atomic mass is 9.89. The molecule has 0 unspecified atom stereocenters. The molecule has 0 aromatic heterocycles. The lowest BCUT2D eigenvalue weighted by molar-refractivity contribution is -0.0946. The van der Waals surface area contributed by atoms with Gasteiger partial charge < -0.3 is 19.7 Å². The Morgan fingerprint density at radius 1 is 1.39 bits per heavy atom. The minimum absolute atomic E-state index is 0. The Balaban J connectivity index is 0.00000264. The number of hydrogen-bond acceptors (Lipinski definition) is 3. The summed E-state index contributed by atoms with van der Waals surface area (Å²) in [5.41, 5.74) is 1.34. The molecule has 1 saturated heterocycles. The number of guanidine groups is 1. The van der Waals surface area contributed by atoms with Crippen molar-refractivity contribution in [2.75, 3.05) is 40.5 Å². The third kappa shape index (κ3) is 5.53. The lowest BCUT2D eigenvalue weighted by Crippen LogP contribution is -2.44. The SMILES string of the molecule is CCNC(=NCC1(C)COC1)N(C)Cc1ccccc1OC.I. The first-order valence-electron chi connectivity index (χ1n) is 7.77. The van der Waals surface area contributed by atoms with E-state index in [0.717, 1.165) is 50.1 Å². The number of ether oxygens (including phenoxy) is 2. The van der Waals surface area contributed by atoms with Crippen LogP contribution in [-0.2, 0) is 11.3 Å². The summed E-state index contributed by atoms with van der Waals surface area (Å²) in [6.45, 7) is 8.28. The smallest absolute Gasteiger partial charge is 0.193 e. The zero-order valence-electron chi connectivity index (χ0n) is 14.5. The van der Waals surface area contributed by atoms with E-state index in [-0.39, 0.29) is 29.4 Å². The molecule has 130 valence electrons. The first-order chi connectivity index (χ1) is 10.6. The van der Waals surface area contributed by atoms with E-state index < -0.39 is 0 Å². The molecule has 0 amide bonds. The first kappa shape index (κ1) is 20.0. The monoisotopic (exact) mass is 433 g/mol. The average Bonchev–Trinajstić information content (AvgIpc) is 2.50. The van der Waals surface area contributed by atoms with Gasteiger partial charge in [0, 0.05) is 31.1 Å². The molecule has 0 atom stereocenters. The van der Waals surface area contributed by atoms with Gasteiger partial charge in [0.15, 0.2) is 5.96 Å². The molecule has 1 aliphatic heterocycles. The predicted molar refractivity (Wildman–Crippen MR) is 105 cm³/mol. The van der Waals surface area contributed by atoms with Crippen LogP contribution in [0.1, 0.15) is 19.4 Å². The van der Waals surface area contributed by atoms with Crippen LogP contribution < -0.4 is 10.1 Å². The van der Waals surface area contributed by atoms with Crippen LogP contribution >= 0.6 is 24.0 Å². The highest BCUT2D eigenvalue weighted by Crippen LogP contribution is 2.26. The third-order valence-electron chi connectivity index (χ3n) is 3.81. The van der Waals surface area contributed by atoms with E-state index in [1.807, 2.05) is 25.2 Å². The zero-order valence-corrected chi connectivity index (χ0v) is 16.8. The van der Waals surface area contributed by atoms with Crippen LogP contribution in [0, 0.1) is 5.41 Å². The van der Waals surface area contributed by atoms with E-state index in [4.69, 9.17) is 14.5 Å². The molecule has 2 rings (SSSR count). The Bertz CT molecular complexity index is 518. The highest BCUT2D eigenvalue weighted by atomic mass is 127. The van der Waals surface area contributed by atoms with Crippen molar-refractivity contribution in [3.8, 4) is 5.75 Å². The van der Waals surface area contributed by atoms with Crippen LogP contribution in [0.2, 0.25) is 0 Å². The molecule has 0 radical (unpaired) electrons. The molecule has 1 aromatic carbocycles. The Morgan fingerprint density at radius 3 is 2.65 bits per heavy atom. The molecule has 1 fully saturated rings. The molecule has 1 aliphatic rings. The van der Waals surface area contributed by atoms with Gasteiger partial charge in [0.25, 0.3) is 0 Å². The second kappa shape index (κ2) is 9.32. The minimum Gasteiger partial charge on any atom is -0.496 e. The maximum atomic E-state index is 5.42. The van der Waals surface area contributed by atoms with Crippen molar-refractivity contribution in [2.24, 2.45) is 10.4 Å². The van der Waals surface area contributed by atoms with E-state index in [1.54, 1.807) is 7.11 Å². The fourth-order valence-corrected chi connectivity index (χ4v) is 2.44. The first-order valence-corrected chi connectivity index (χ1v) is 7.77. The zero-order chi connectivity index (χ0) is 16.0. The molecule has 1 aromatic rings. The fourth-order valence-electron chi connectivity index (χ4n) is 2.44. The van der Waals surface area contributed by atoms with Crippen molar-refractivity contribution in [3.63, 3.8) is 0 Å². The Kier molecular flexibility index (Phi) is 8.11. The number of hydrogen-bond donors (Lipinski definition) is 1. The molecule has 1 heterocycles. The molecule has 1 N–H and O–H groups in total. The van der Waals surface area contributed by atoms with Gasteiger partial charge in [-0.05, 0) is 13.0 Å². The van der Waals surface area contributed by atoms with Crippen LogP contribution in [-0.4, -0.2) is 51.3 Å². The highest BCUT2D eigenvalue weighted by molar-refractivity contribution is 14.0. The molecular weight excluding hydrogens is 405 g/mol. The number of para-hydroxylation sites is 1. The summed E-state index contributed by atoms with van der Waals surface area (Å²) in [5.74, 6) is 1.83. The van der Waals surface area contributed by atoms with Crippen molar-refractivity contribution in [1.82, 2.24) is 10.2 Å². The van der Waals surface area contributed by atoms with E-state index >= 15 is 0 Å². The summed E-state index contributed by atoms with van der Waals surface area (Å²) in [6, 6.07) is 8.08. The predicted octanol–water partition coefficient (Wildman–Crippen LogP) is 2.75. The highest BCUT2D eigenvalue weighted by Gasteiger charge is 2.33. The van der Waals surface area contributed by atoms with Gasteiger partial charge in [-0.15, -0.1) is 24.0 Å². The van der Waals surface area contributed by atoms with Crippen LogP contribution in [0.3, 0.4) is 0 Å². The van der Waals surface area contributed by atoms with Gasteiger partial charge in [-0.3, -0.25) is 4.99 Å².